The Kier molecular flexibility index (Phi) is 3.36. The van der Waals surface area contributed by atoms with Gasteiger partial charge in [0.05, 0.1) is 6.10 Å². The summed E-state index contributed by atoms with van der Waals surface area (Å²) in [6.07, 6.45) is -0.154. The predicted molar refractivity (Wildman–Crippen MR) is 54.2 cm³/mol. The summed E-state index contributed by atoms with van der Waals surface area (Å²) in [4.78, 5) is 0. The minimum absolute atomic E-state index is 0.0240. The van der Waals surface area contributed by atoms with Crippen LogP contribution in [0, 0.1) is 5.92 Å². The molecule has 1 rings (SSSR count). The number of phenols is 2. The number of aliphatic hydroxyl groups excluding tert-OH is 1. The van der Waals surface area contributed by atoms with E-state index >= 15 is 0 Å². The Hall–Kier alpha value is -1.22. The molecule has 0 aromatic heterocycles. The number of aliphatic hydroxyl groups is 1. The molecule has 0 saturated heterocycles. The molecule has 0 amide bonds. The van der Waals surface area contributed by atoms with E-state index in [-0.39, 0.29) is 11.5 Å². The van der Waals surface area contributed by atoms with Gasteiger partial charge in [-0.3, -0.25) is 0 Å². The summed E-state index contributed by atoms with van der Waals surface area (Å²) in [6, 6.07) is 4.16. The average molecular weight is 196 g/mol. The third kappa shape index (κ3) is 2.64. The van der Waals surface area contributed by atoms with Gasteiger partial charge in [0, 0.05) is 5.56 Å². The molecule has 1 aromatic carbocycles. The van der Waals surface area contributed by atoms with E-state index in [1.807, 2.05) is 13.8 Å². The Morgan fingerprint density at radius 3 is 2.43 bits per heavy atom. The molecule has 1 atom stereocenters. The van der Waals surface area contributed by atoms with Crippen molar-refractivity contribution in [3.05, 3.63) is 23.8 Å². The van der Waals surface area contributed by atoms with E-state index in [0.717, 1.165) is 0 Å². The van der Waals surface area contributed by atoms with Gasteiger partial charge in [-0.05, 0) is 30.5 Å². The Balaban J connectivity index is 2.88. The lowest BCUT2D eigenvalue weighted by atomic mass is 9.99. The molecule has 0 radical (unpaired) electrons. The van der Waals surface area contributed by atoms with Gasteiger partial charge in [-0.15, -0.1) is 0 Å². The summed E-state index contributed by atoms with van der Waals surface area (Å²) >= 11 is 0. The van der Waals surface area contributed by atoms with Crippen LogP contribution < -0.4 is 0 Å². The normalized spacial score (nSPS) is 13.1. The monoisotopic (exact) mass is 196 g/mol. The van der Waals surface area contributed by atoms with E-state index in [4.69, 9.17) is 0 Å². The highest BCUT2D eigenvalue weighted by atomic mass is 16.3. The lowest BCUT2D eigenvalue weighted by Crippen LogP contribution is -2.02. The van der Waals surface area contributed by atoms with Crippen molar-refractivity contribution < 1.29 is 15.3 Å². The zero-order valence-corrected chi connectivity index (χ0v) is 8.44. The highest BCUT2D eigenvalue weighted by Crippen LogP contribution is 2.31. The van der Waals surface area contributed by atoms with Crippen molar-refractivity contribution in [1.82, 2.24) is 0 Å². The first kappa shape index (κ1) is 10.9. The van der Waals surface area contributed by atoms with Gasteiger partial charge in [-0.2, -0.15) is 0 Å². The largest absolute Gasteiger partial charge is 0.508 e. The van der Waals surface area contributed by atoms with Gasteiger partial charge < -0.3 is 15.3 Å². The van der Waals surface area contributed by atoms with E-state index in [9.17, 15) is 15.3 Å². The van der Waals surface area contributed by atoms with E-state index in [1.54, 1.807) is 0 Å². The fourth-order valence-corrected chi connectivity index (χ4v) is 1.38. The number of rotatable bonds is 3. The van der Waals surface area contributed by atoms with Crippen LogP contribution in [0.15, 0.2) is 18.2 Å². The molecule has 0 aliphatic heterocycles. The lowest BCUT2D eigenvalue weighted by molar-refractivity contribution is 0.147. The minimum Gasteiger partial charge on any atom is -0.508 e. The molecule has 0 heterocycles. The van der Waals surface area contributed by atoms with E-state index in [1.165, 1.54) is 18.2 Å². The van der Waals surface area contributed by atoms with Gasteiger partial charge in [0.25, 0.3) is 0 Å². The zero-order chi connectivity index (χ0) is 10.7. The fourth-order valence-electron chi connectivity index (χ4n) is 1.38. The first-order valence-electron chi connectivity index (χ1n) is 4.70. The molecule has 78 valence electrons. The molecule has 1 unspecified atom stereocenters. The molecular weight excluding hydrogens is 180 g/mol. The molecule has 0 aliphatic carbocycles. The van der Waals surface area contributed by atoms with Gasteiger partial charge in [-0.1, -0.05) is 13.8 Å². The SMILES string of the molecule is CC(C)CC(O)c1cc(O)ccc1O. The molecule has 0 aliphatic rings. The number of hydrogen-bond acceptors (Lipinski definition) is 3. The van der Waals surface area contributed by atoms with Crippen molar-refractivity contribution in [1.29, 1.82) is 0 Å². The first-order valence-corrected chi connectivity index (χ1v) is 4.70. The Morgan fingerprint density at radius 1 is 1.21 bits per heavy atom. The van der Waals surface area contributed by atoms with Crippen LogP contribution in [-0.4, -0.2) is 15.3 Å². The minimum atomic E-state index is -0.720. The Labute approximate surface area is 83.6 Å². The summed E-state index contributed by atoms with van der Waals surface area (Å²) < 4.78 is 0. The third-order valence-electron chi connectivity index (χ3n) is 2.06. The van der Waals surface area contributed by atoms with E-state index < -0.39 is 6.10 Å². The zero-order valence-electron chi connectivity index (χ0n) is 8.44. The fraction of sp³-hybridized carbons (Fsp3) is 0.455. The quantitative estimate of drug-likeness (QED) is 0.649. The van der Waals surface area contributed by atoms with Crippen LogP contribution >= 0.6 is 0 Å². The van der Waals surface area contributed by atoms with Crippen LogP contribution in [-0.2, 0) is 0 Å². The summed E-state index contributed by atoms with van der Waals surface area (Å²) in [5.74, 6) is 0.420. The van der Waals surface area contributed by atoms with Gasteiger partial charge >= 0.3 is 0 Å². The Morgan fingerprint density at radius 2 is 1.86 bits per heavy atom. The molecule has 3 N–H and O–H groups in total. The third-order valence-corrected chi connectivity index (χ3v) is 2.06. The summed E-state index contributed by atoms with van der Waals surface area (Å²) in [5, 5.41) is 28.4. The second-order valence-electron chi connectivity index (χ2n) is 3.89. The highest BCUT2D eigenvalue weighted by molar-refractivity contribution is 5.39. The second kappa shape index (κ2) is 4.33. The topological polar surface area (TPSA) is 60.7 Å². The van der Waals surface area contributed by atoms with Crippen molar-refractivity contribution >= 4 is 0 Å². The molecule has 3 heteroatoms. The van der Waals surface area contributed by atoms with Crippen LogP contribution in [0.1, 0.15) is 31.9 Å². The molecule has 0 fully saturated rings. The maximum absolute atomic E-state index is 9.73. The van der Waals surface area contributed by atoms with Crippen molar-refractivity contribution in [2.45, 2.75) is 26.4 Å². The molecule has 0 saturated carbocycles. The molecule has 0 spiro atoms. The Bertz CT molecular complexity index is 307. The number of phenolic OH excluding ortho intramolecular Hbond substituents is 2. The van der Waals surface area contributed by atoms with Crippen LogP contribution in [0.4, 0.5) is 0 Å². The average Bonchev–Trinajstić information content (AvgIpc) is 2.08. The van der Waals surface area contributed by atoms with Gasteiger partial charge in [0.15, 0.2) is 0 Å². The van der Waals surface area contributed by atoms with Crippen LogP contribution in [0.25, 0.3) is 0 Å². The van der Waals surface area contributed by atoms with E-state index in [0.29, 0.717) is 17.9 Å². The van der Waals surface area contributed by atoms with Crippen LogP contribution in [0.5, 0.6) is 11.5 Å². The number of hydrogen-bond donors (Lipinski definition) is 3. The number of benzene rings is 1. The van der Waals surface area contributed by atoms with Crippen molar-refractivity contribution in [2.75, 3.05) is 0 Å². The van der Waals surface area contributed by atoms with Crippen LogP contribution in [0.3, 0.4) is 0 Å². The maximum Gasteiger partial charge on any atom is 0.121 e. The van der Waals surface area contributed by atoms with E-state index in [2.05, 4.69) is 0 Å². The molecule has 3 nitrogen and oxygen atoms in total. The molecular formula is C11H16O3. The first-order chi connectivity index (χ1) is 6.50. The van der Waals surface area contributed by atoms with Crippen molar-refractivity contribution in [3.63, 3.8) is 0 Å². The molecule has 0 bridgehead atoms. The van der Waals surface area contributed by atoms with Crippen LogP contribution in [0.2, 0.25) is 0 Å². The molecule has 1 aromatic rings. The smallest absolute Gasteiger partial charge is 0.121 e. The van der Waals surface area contributed by atoms with Gasteiger partial charge in [-0.25, -0.2) is 0 Å². The summed E-state index contributed by atoms with van der Waals surface area (Å²) in [7, 11) is 0. The van der Waals surface area contributed by atoms with Crippen molar-refractivity contribution in [2.24, 2.45) is 5.92 Å². The maximum atomic E-state index is 9.73. The van der Waals surface area contributed by atoms with Gasteiger partial charge in [0.1, 0.15) is 11.5 Å². The predicted octanol–water partition coefficient (Wildman–Crippen LogP) is 2.18. The second-order valence-corrected chi connectivity index (χ2v) is 3.89. The van der Waals surface area contributed by atoms with Gasteiger partial charge in [0.2, 0.25) is 0 Å². The summed E-state index contributed by atoms with van der Waals surface area (Å²) in [6.45, 7) is 3.98. The highest BCUT2D eigenvalue weighted by Gasteiger charge is 2.14. The lowest BCUT2D eigenvalue weighted by Gasteiger charge is -2.14. The number of aromatic hydroxyl groups is 2. The standard InChI is InChI=1S/C11H16O3/c1-7(2)5-11(14)9-6-8(12)3-4-10(9)13/h3-4,6-7,11-14H,5H2,1-2H3. The van der Waals surface area contributed by atoms with Crippen molar-refractivity contribution in [3.8, 4) is 11.5 Å². The molecule has 14 heavy (non-hydrogen) atoms. The summed E-state index contributed by atoms with van der Waals surface area (Å²) in [5.41, 5.74) is 0.388.